The molecule has 1 atom stereocenters. The van der Waals surface area contributed by atoms with Gasteiger partial charge in [0.05, 0.1) is 5.56 Å². The number of esters is 1. The van der Waals surface area contributed by atoms with Gasteiger partial charge in [0.2, 0.25) is 0 Å². The second-order valence-electron chi connectivity index (χ2n) is 6.45. The van der Waals surface area contributed by atoms with Gasteiger partial charge in [-0.1, -0.05) is 12.1 Å². The van der Waals surface area contributed by atoms with Crippen LogP contribution < -0.4 is 14.8 Å². The summed E-state index contributed by atoms with van der Waals surface area (Å²) in [5.74, 6) is -1.60. The molecule has 0 spiro atoms. The maximum atomic E-state index is 12.5. The number of amides is 3. The first-order chi connectivity index (χ1) is 14.0. The fourth-order valence-electron chi connectivity index (χ4n) is 2.35. The van der Waals surface area contributed by atoms with Gasteiger partial charge in [-0.2, -0.15) is 8.42 Å². The van der Waals surface area contributed by atoms with E-state index in [1.54, 1.807) is 26.0 Å². The molecular formula is C20H22N2O7S. The number of aryl methyl sites for hydroxylation is 2. The van der Waals surface area contributed by atoms with Gasteiger partial charge in [-0.3, -0.25) is 10.1 Å². The molecule has 2 rings (SSSR count). The number of hydrogen-bond donors (Lipinski definition) is 2. The zero-order chi connectivity index (χ0) is 22.5. The van der Waals surface area contributed by atoms with Crippen LogP contribution in [-0.2, 0) is 19.6 Å². The summed E-state index contributed by atoms with van der Waals surface area (Å²) < 4.78 is 35.2. The molecular weight excluding hydrogens is 412 g/mol. The summed E-state index contributed by atoms with van der Waals surface area (Å²) >= 11 is 0. The minimum absolute atomic E-state index is 0.0119. The second kappa shape index (κ2) is 9.40. The predicted octanol–water partition coefficient (Wildman–Crippen LogP) is 2.07. The number of carbonyl (C=O) groups is 3. The number of urea groups is 1. The van der Waals surface area contributed by atoms with E-state index < -0.39 is 34.1 Å². The summed E-state index contributed by atoms with van der Waals surface area (Å²) in [5.41, 5.74) is 1.39. The van der Waals surface area contributed by atoms with Crippen molar-refractivity contribution in [3.8, 4) is 5.75 Å². The van der Waals surface area contributed by atoms with E-state index >= 15 is 0 Å². The second-order valence-corrected chi connectivity index (χ2v) is 7.96. The lowest BCUT2D eigenvalue weighted by Gasteiger charge is -2.13. The molecule has 0 radical (unpaired) electrons. The third kappa shape index (κ3) is 5.80. The number of carbonyl (C=O) groups excluding carboxylic acids is 3. The summed E-state index contributed by atoms with van der Waals surface area (Å²) in [4.78, 5) is 35.1. The van der Waals surface area contributed by atoms with Gasteiger partial charge in [0.1, 0.15) is 10.6 Å². The van der Waals surface area contributed by atoms with E-state index in [0.29, 0.717) is 5.56 Å². The number of imide groups is 1. The first-order valence-electron chi connectivity index (χ1n) is 8.89. The molecule has 0 aliphatic rings. The molecule has 9 nitrogen and oxygen atoms in total. The lowest BCUT2D eigenvalue weighted by Crippen LogP contribution is -2.43. The quantitative estimate of drug-likeness (QED) is 0.526. The van der Waals surface area contributed by atoms with E-state index in [0.717, 1.165) is 5.56 Å². The fraction of sp³-hybridized carbons (Fsp3) is 0.250. The number of benzene rings is 2. The van der Waals surface area contributed by atoms with Crippen LogP contribution >= 0.6 is 0 Å². The van der Waals surface area contributed by atoms with Crippen LogP contribution in [-0.4, -0.2) is 39.5 Å². The molecule has 0 aliphatic heterocycles. The maximum absolute atomic E-state index is 12.5. The van der Waals surface area contributed by atoms with Gasteiger partial charge < -0.3 is 14.2 Å². The molecule has 2 aromatic carbocycles. The summed E-state index contributed by atoms with van der Waals surface area (Å²) in [5, 5.41) is 4.20. The van der Waals surface area contributed by atoms with Crippen molar-refractivity contribution in [3.05, 3.63) is 59.2 Å². The van der Waals surface area contributed by atoms with Crippen molar-refractivity contribution in [2.24, 2.45) is 0 Å². The molecule has 0 unspecified atom stereocenters. The lowest BCUT2D eigenvalue weighted by molar-refractivity contribution is -0.127. The highest BCUT2D eigenvalue weighted by Crippen LogP contribution is 2.23. The molecule has 160 valence electrons. The van der Waals surface area contributed by atoms with Crippen LogP contribution in [0.5, 0.6) is 5.75 Å². The van der Waals surface area contributed by atoms with Crippen LogP contribution in [0.4, 0.5) is 4.79 Å². The molecule has 0 aliphatic carbocycles. The Morgan fingerprint density at radius 3 is 2.23 bits per heavy atom. The molecule has 0 saturated heterocycles. The van der Waals surface area contributed by atoms with Gasteiger partial charge in [-0.15, -0.1) is 0 Å². The van der Waals surface area contributed by atoms with Crippen LogP contribution in [0.25, 0.3) is 0 Å². The molecule has 2 aromatic rings. The molecule has 0 heterocycles. The van der Waals surface area contributed by atoms with Crippen LogP contribution in [0.15, 0.2) is 47.4 Å². The SMILES string of the molecule is CNC(=O)NC(=O)[C@H](C)OC(=O)c1ccc(OS(=O)(=O)c2cc(C)ccc2C)cc1. The highest BCUT2D eigenvalue weighted by Gasteiger charge is 2.22. The molecule has 0 fully saturated rings. The van der Waals surface area contributed by atoms with Crippen molar-refractivity contribution >= 4 is 28.0 Å². The van der Waals surface area contributed by atoms with E-state index in [-0.39, 0.29) is 16.2 Å². The van der Waals surface area contributed by atoms with Crippen molar-refractivity contribution in [1.29, 1.82) is 0 Å². The fourth-order valence-corrected chi connectivity index (χ4v) is 3.60. The van der Waals surface area contributed by atoms with E-state index in [4.69, 9.17) is 8.92 Å². The van der Waals surface area contributed by atoms with E-state index in [9.17, 15) is 22.8 Å². The molecule has 10 heteroatoms. The summed E-state index contributed by atoms with van der Waals surface area (Å²) in [6, 6.07) is 9.48. The van der Waals surface area contributed by atoms with Crippen molar-refractivity contribution in [1.82, 2.24) is 10.6 Å². The monoisotopic (exact) mass is 434 g/mol. The van der Waals surface area contributed by atoms with Crippen molar-refractivity contribution in [3.63, 3.8) is 0 Å². The minimum atomic E-state index is -4.05. The summed E-state index contributed by atoms with van der Waals surface area (Å²) in [6.45, 7) is 4.75. The molecule has 0 saturated carbocycles. The maximum Gasteiger partial charge on any atom is 0.339 e. The Bertz CT molecular complexity index is 1060. The normalized spacial score (nSPS) is 11.9. The number of rotatable bonds is 6. The van der Waals surface area contributed by atoms with Gasteiger partial charge >= 0.3 is 22.1 Å². The molecule has 2 N–H and O–H groups in total. The van der Waals surface area contributed by atoms with Gasteiger partial charge in [0, 0.05) is 7.05 Å². The Morgan fingerprint density at radius 2 is 1.63 bits per heavy atom. The largest absolute Gasteiger partial charge is 0.449 e. The van der Waals surface area contributed by atoms with Crippen molar-refractivity contribution < 1.29 is 31.7 Å². The Kier molecular flexibility index (Phi) is 7.17. The minimum Gasteiger partial charge on any atom is -0.449 e. The Morgan fingerprint density at radius 1 is 1.00 bits per heavy atom. The third-order valence-electron chi connectivity index (χ3n) is 4.03. The standard InChI is InChI=1S/C20H22N2O7S/c1-12-5-6-13(2)17(11-12)30(26,27)29-16-9-7-15(8-10-16)19(24)28-14(3)18(23)22-20(25)21-4/h5-11,14H,1-4H3,(H2,21,22,23,25)/t14-/m0/s1. The lowest BCUT2D eigenvalue weighted by atomic mass is 10.2. The number of hydrogen-bond acceptors (Lipinski definition) is 7. The third-order valence-corrected chi connectivity index (χ3v) is 5.42. The Balaban J connectivity index is 2.07. The number of nitrogens with one attached hydrogen (secondary N) is 2. The van der Waals surface area contributed by atoms with Gasteiger partial charge in [-0.05, 0) is 62.2 Å². The van der Waals surface area contributed by atoms with Crippen molar-refractivity contribution in [2.75, 3.05) is 7.05 Å². The average Bonchev–Trinajstić information content (AvgIpc) is 2.69. The highest BCUT2D eigenvalue weighted by atomic mass is 32.2. The first-order valence-corrected chi connectivity index (χ1v) is 10.3. The molecule has 0 bridgehead atoms. The van der Waals surface area contributed by atoms with Gasteiger partial charge in [-0.25, -0.2) is 9.59 Å². The summed E-state index contributed by atoms with van der Waals surface area (Å²) in [6.07, 6.45) is -1.21. The first kappa shape index (κ1) is 22.9. The predicted molar refractivity (Wildman–Crippen MR) is 108 cm³/mol. The smallest absolute Gasteiger partial charge is 0.339 e. The van der Waals surface area contributed by atoms with E-state index in [1.807, 2.05) is 5.32 Å². The topological polar surface area (TPSA) is 128 Å². The zero-order valence-electron chi connectivity index (χ0n) is 16.9. The summed E-state index contributed by atoms with van der Waals surface area (Å²) in [7, 11) is -2.71. The average molecular weight is 434 g/mol. The van der Waals surface area contributed by atoms with Crippen LogP contribution in [0.3, 0.4) is 0 Å². The number of ether oxygens (including phenoxy) is 1. The van der Waals surface area contributed by atoms with Gasteiger partial charge in [0.25, 0.3) is 5.91 Å². The van der Waals surface area contributed by atoms with Crippen LogP contribution in [0.1, 0.15) is 28.4 Å². The van der Waals surface area contributed by atoms with Crippen molar-refractivity contribution in [2.45, 2.75) is 31.8 Å². The van der Waals surface area contributed by atoms with E-state index in [1.165, 1.54) is 44.3 Å². The molecule has 3 amide bonds. The van der Waals surface area contributed by atoms with Gasteiger partial charge in [0.15, 0.2) is 6.10 Å². The van der Waals surface area contributed by atoms with Crippen LogP contribution in [0.2, 0.25) is 0 Å². The molecule has 0 aromatic heterocycles. The Labute approximate surface area is 174 Å². The zero-order valence-corrected chi connectivity index (χ0v) is 17.7. The van der Waals surface area contributed by atoms with Crippen LogP contribution in [0, 0.1) is 13.8 Å². The van der Waals surface area contributed by atoms with E-state index in [2.05, 4.69) is 5.32 Å². The molecule has 30 heavy (non-hydrogen) atoms. The highest BCUT2D eigenvalue weighted by molar-refractivity contribution is 7.87. The Hall–Kier alpha value is -3.40.